The molecule has 7 aromatic carbocycles. The topological polar surface area (TPSA) is 67.6 Å². The molecular formula is C58H50IrN4OSi-2. The molecule has 0 amide bonds. The third kappa shape index (κ3) is 9.04. The maximum Gasteiger partial charge on any atom is 0.122 e. The molecule has 0 aliphatic rings. The predicted octanol–water partition coefficient (Wildman–Crippen LogP) is 14.9. The van der Waals surface area contributed by atoms with Gasteiger partial charge in [0.25, 0.3) is 0 Å². The van der Waals surface area contributed by atoms with Crippen molar-refractivity contribution in [2.24, 2.45) is 0 Å². The first-order valence-corrected chi connectivity index (χ1v) is 25.5. The number of rotatable bonds is 8. The van der Waals surface area contributed by atoms with E-state index in [1.807, 2.05) is 60.8 Å². The van der Waals surface area contributed by atoms with Crippen LogP contribution in [0.4, 0.5) is 0 Å². The second-order valence-corrected chi connectivity index (χ2v) is 23.1. The quantitative estimate of drug-likeness (QED) is 0.112. The fourth-order valence-corrected chi connectivity index (χ4v) is 9.45. The monoisotopic (exact) mass is 1040 g/mol. The number of nitrogens with zero attached hydrogens (tertiary/aromatic N) is 4. The molecule has 0 aliphatic carbocycles. The van der Waals surface area contributed by atoms with Crippen LogP contribution in [0.5, 0.6) is 0 Å². The Morgan fingerprint density at radius 2 is 1.31 bits per heavy atom. The average Bonchev–Trinajstić information content (AvgIpc) is 3.90. The molecule has 0 saturated heterocycles. The number of hydrogen-bond donors (Lipinski definition) is 0. The normalized spacial score (nSPS) is 11.4. The van der Waals surface area contributed by atoms with Crippen LogP contribution in [0.25, 0.3) is 83.6 Å². The summed E-state index contributed by atoms with van der Waals surface area (Å²) in [7, 11) is -1.23. The maximum absolute atomic E-state index is 9.53. The summed E-state index contributed by atoms with van der Waals surface area (Å²) in [5.41, 5.74) is 15.2. The second-order valence-electron chi connectivity index (χ2n) is 18.0. The van der Waals surface area contributed by atoms with E-state index in [0.717, 1.165) is 50.1 Å². The zero-order chi connectivity index (χ0) is 44.5. The van der Waals surface area contributed by atoms with Gasteiger partial charge in [-0.3, -0.25) is 4.98 Å². The molecule has 10 aromatic rings. The molecule has 3 aromatic heterocycles. The van der Waals surface area contributed by atoms with Crippen LogP contribution < -0.4 is 5.19 Å². The number of benzene rings is 7. The molecule has 65 heavy (non-hydrogen) atoms. The van der Waals surface area contributed by atoms with Gasteiger partial charge in [0.15, 0.2) is 0 Å². The summed E-state index contributed by atoms with van der Waals surface area (Å²) in [5, 5.41) is 12.9. The van der Waals surface area contributed by atoms with Gasteiger partial charge in [-0.05, 0) is 92.5 Å². The zero-order valence-corrected chi connectivity index (χ0v) is 41.2. The standard InChI is InChI=1S/C44H34N3O.C14H16NSi.Ir/c1-27(2)37-24-33(32-20-18-31(19-21-32)30-11-6-5-7-12-30)25-38(28(3)4)42(37)47-40-16-9-8-15-39(40)46-44(47)36-14-10-13-35-34-22-17-29(26-45)23-41(34)48-43(35)36;1-16(2,3)13-9-10-14(15-11-13)12-7-5-4-6-8-12;/h5-13,15-25,27-28H,1-4H3;4-7,9-11H,1-3H3;/q2*-1;. The summed E-state index contributed by atoms with van der Waals surface area (Å²) in [5.74, 6) is 1.26. The Morgan fingerprint density at radius 1 is 0.646 bits per heavy atom. The van der Waals surface area contributed by atoms with Crippen molar-refractivity contribution in [2.75, 3.05) is 0 Å². The molecule has 0 N–H and O–H groups in total. The van der Waals surface area contributed by atoms with Gasteiger partial charge in [0.05, 0.1) is 42.1 Å². The average molecular weight is 1040 g/mol. The van der Waals surface area contributed by atoms with Gasteiger partial charge in [0.2, 0.25) is 0 Å². The first-order valence-electron chi connectivity index (χ1n) is 22.0. The summed E-state index contributed by atoms with van der Waals surface area (Å²) in [6.07, 6.45) is 2.02. The first-order chi connectivity index (χ1) is 31.0. The van der Waals surface area contributed by atoms with E-state index in [-0.39, 0.29) is 31.9 Å². The molecule has 0 atom stereocenters. The molecule has 0 fully saturated rings. The summed E-state index contributed by atoms with van der Waals surface area (Å²) >= 11 is 0. The van der Waals surface area contributed by atoms with E-state index in [9.17, 15) is 5.26 Å². The van der Waals surface area contributed by atoms with Crippen molar-refractivity contribution < 1.29 is 24.5 Å². The van der Waals surface area contributed by atoms with E-state index in [0.29, 0.717) is 16.7 Å². The molecule has 3 heterocycles. The predicted molar refractivity (Wildman–Crippen MR) is 268 cm³/mol. The number of fused-ring (bicyclic) bond motifs is 4. The summed E-state index contributed by atoms with van der Waals surface area (Å²) in [4.78, 5) is 9.77. The largest absolute Gasteiger partial charge is 0.500 e. The first kappa shape index (κ1) is 44.9. The summed E-state index contributed by atoms with van der Waals surface area (Å²) < 4.78 is 8.83. The van der Waals surface area contributed by atoms with Gasteiger partial charge in [-0.1, -0.05) is 143 Å². The molecular weight excluding hydrogens is 989 g/mol. The van der Waals surface area contributed by atoms with Crippen molar-refractivity contribution >= 4 is 46.2 Å². The van der Waals surface area contributed by atoms with Crippen molar-refractivity contribution in [3.05, 3.63) is 193 Å². The third-order valence-electron chi connectivity index (χ3n) is 11.9. The fourth-order valence-electron chi connectivity index (χ4n) is 8.42. The molecule has 0 spiro atoms. The molecule has 0 saturated carbocycles. The number of furan rings is 1. The molecule has 5 nitrogen and oxygen atoms in total. The minimum atomic E-state index is -1.23. The van der Waals surface area contributed by atoms with Crippen molar-refractivity contribution in [2.45, 2.75) is 59.2 Å². The number of imidazole rings is 1. The number of pyridine rings is 1. The number of hydrogen-bond acceptors (Lipinski definition) is 4. The van der Waals surface area contributed by atoms with Gasteiger partial charge in [0, 0.05) is 37.4 Å². The van der Waals surface area contributed by atoms with E-state index in [2.05, 4.69) is 172 Å². The zero-order valence-electron chi connectivity index (χ0n) is 37.8. The van der Waals surface area contributed by atoms with Crippen molar-refractivity contribution in [1.29, 1.82) is 5.26 Å². The molecule has 0 unspecified atom stereocenters. The Morgan fingerprint density at radius 3 is 1.94 bits per heavy atom. The van der Waals surface area contributed by atoms with Gasteiger partial charge >= 0.3 is 0 Å². The number of aromatic nitrogens is 3. The Balaban J connectivity index is 0.000000287. The van der Waals surface area contributed by atoms with E-state index in [1.165, 1.54) is 38.6 Å². The number of nitriles is 1. The van der Waals surface area contributed by atoms with Crippen molar-refractivity contribution in [3.63, 3.8) is 0 Å². The van der Waals surface area contributed by atoms with Crippen molar-refractivity contribution in [1.82, 2.24) is 14.5 Å². The van der Waals surface area contributed by atoms with Crippen LogP contribution in [0, 0.1) is 23.5 Å². The van der Waals surface area contributed by atoms with E-state index in [1.54, 1.807) is 6.07 Å². The van der Waals surface area contributed by atoms with Gasteiger partial charge in [-0.25, -0.2) is 0 Å². The van der Waals surface area contributed by atoms with E-state index in [4.69, 9.17) is 9.40 Å². The fraction of sp³-hybridized carbons (Fsp3) is 0.155. The summed E-state index contributed by atoms with van der Waals surface area (Å²) in [6.45, 7) is 16.1. The van der Waals surface area contributed by atoms with Crippen LogP contribution >= 0.6 is 0 Å². The van der Waals surface area contributed by atoms with Crippen LogP contribution in [0.2, 0.25) is 19.6 Å². The minimum Gasteiger partial charge on any atom is -0.500 e. The molecule has 1 radical (unpaired) electrons. The minimum absolute atomic E-state index is 0. The molecule has 0 aliphatic heterocycles. The van der Waals surface area contributed by atoms with Crippen molar-refractivity contribution in [3.8, 4) is 56.7 Å². The van der Waals surface area contributed by atoms with Gasteiger partial charge in [0.1, 0.15) is 5.58 Å². The van der Waals surface area contributed by atoms with Crippen LogP contribution in [0.1, 0.15) is 56.2 Å². The number of para-hydroxylation sites is 2. The Hall–Kier alpha value is -6.68. The van der Waals surface area contributed by atoms with Crippen LogP contribution in [-0.2, 0) is 20.1 Å². The Kier molecular flexibility index (Phi) is 13.0. The Bertz CT molecular complexity index is 3270. The molecule has 10 rings (SSSR count). The van der Waals surface area contributed by atoms with Gasteiger partial charge in [-0.2, -0.15) is 5.26 Å². The Labute approximate surface area is 396 Å². The van der Waals surface area contributed by atoms with Gasteiger partial charge in [-0.15, -0.1) is 54.1 Å². The molecule has 0 bridgehead atoms. The maximum atomic E-state index is 9.53. The van der Waals surface area contributed by atoms with E-state index < -0.39 is 8.07 Å². The molecule has 7 heteroatoms. The van der Waals surface area contributed by atoms with Crippen LogP contribution in [0.15, 0.2) is 168 Å². The third-order valence-corrected chi connectivity index (χ3v) is 14.0. The van der Waals surface area contributed by atoms with Crippen LogP contribution in [-0.4, -0.2) is 22.6 Å². The van der Waals surface area contributed by atoms with Crippen LogP contribution in [0.3, 0.4) is 0 Å². The molecule has 323 valence electrons. The van der Waals surface area contributed by atoms with E-state index >= 15 is 0 Å². The van der Waals surface area contributed by atoms with Gasteiger partial charge < -0.3 is 14.0 Å². The smallest absolute Gasteiger partial charge is 0.122 e. The second kappa shape index (κ2) is 18.8. The SMILES string of the molecule is CC(C)c1cc(-c2ccc(-c3ccccc3)cc2)cc(C(C)C)c1-n1c(-c2[c-]ccc3c2oc2cc(C#N)ccc23)nc2ccccc21.C[Si](C)(C)c1ccc(-c2[c-]cccc2)nc1.[Ir]. The summed E-state index contributed by atoms with van der Waals surface area (Å²) in [6, 6.07) is 63.2.